The largest absolute Gasteiger partial charge is 0.486 e. The molecule has 0 saturated heterocycles. The van der Waals surface area contributed by atoms with Gasteiger partial charge < -0.3 is 14.2 Å². The Morgan fingerprint density at radius 3 is 2.57 bits per heavy atom. The number of imidazole rings is 1. The second-order valence-electron chi connectivity index (χ2n) is 6.79. The number of hydrogen-bond acceptors (Lipinski definition) is 3. The van der Waals surface area contributed by atoms with Gasteiger partial charge in [0.15, 0.2) is 17.2 Å². The number of fused-ring (bicyclic) bond motifs is 2. The normalized spacial score (nSPS) is 15.0. The lowest BCUT2D eigenvalue weighted by atomic mass is 10.1. The first-order chi connectivity index (χ1) is 13.7. The van der Waals surface area contributed by atoms with Crippen molar-refractivity contribution in [3.8, 4) is 34.2 Å². The van der Waals surface area contributed by atoms with Gasteiger partial charge in [-0.25, -0.2) is 4.57 Å². The minimum absolute atomic E-state index is 0.155. The Morgan fingerprint density at radius 2 is 1.79 bits per heavy atom. The number of halogens is 2. The molecule has 1 aromatic heterocycles. The van der Waals surface area contributed by atoms with Gasteiger partial charge in [0.25, 0.3) is 5.82 Å². The number of alkyl halides is 2. The van der Waals surface area contributed by atoms with Crippen molar-refractivity contribution < 1.29 is 27.6 Å². The number of ether oxygens (including phenoxy) is 3. The molecule has 2 aromatic carbocycles. The molecule has 144 valence electrons. The summed E-state index contributed by atoms with van der Waals surface area (Å²) in [5, 5.41) is 0. The zero-order valence-electron chi connectivity index (χ0n) is 15.1. The molecule has 0 bridgehead atoms. The lowest BCUT2D eigenvalue weighted by Gasteiger charge is -2.18. The van der Waals surface area contributed by atoms with E-state index in [1.165, 1.54) is 5.82 Å². The van der Waals surface area contributed by atoms with Crippen molar-refractivity contribution in [3.63, 3.8) is 0 Å². The highest BCUT2D eigenvalue weighted by Gasteiger charge is 2.30. The van der Waals surface area contributed by atoms with Gasteiger partial charge in [-0.05, 0) is 48.9 Å². The molecule has 0 N–H and O–H groups in total. The summed E-state index contributed by atoms with van der Waals surface area (Å²) in [6, 6.07) is 12.7. The first kappa shape index (κ1) is 17.0. The summed E-state index contributed by atoms with van der Waals surface area (Å²) in [6.07, 6.45) is 4.11. The van der Waals surface area contributed by atoms with Crippen molar-refractivity contribution in [2.45, 2.75) is 26.0 Å². The number of aromatic nitrogens is 2. The lowest BCUT2D eigenvalue weighted by Crippen LogP contribution is -2.33. The summed E-state index contributed by atoms with van der Waals surface area (Å²) < 4.78 is 45.0. The topological polar surface area (TPSA) is 36.5 Å². The van der Waals surface area contributed by atoms with E-state index in [1.807, 2.05) is 18.2 Å². The molecular weight excluding hydrogens is 366 g/mol. The summed E-state index contributed by atoms with van der Waals surface area (Å²) in [6.45, 7) is -0.758. The SMILES string of the molecule is FC(F)Oc1ccc(-n2cc(-c3ccc4c(c3)OCCO4)[n+]3c2CCC3)cc1. The average molecular weight is 385 g/mol. The van der Waals surface area contributed by atoms with E-state index >= 15 is 0 Å². The van der Waals surface area contributed by atoms with Crippen molar-refractivity contribution in [2.24, 2.45) is 0 Å². The van der Waals surface area contributed by atoms with Gasteiger partial charge in [-0.3, -0.25) is 0 Å². The van der Waals surface area contributed by atoms with Crippen LogP contribution in [0.2, 0.25) is 0 Å². The molecule has 0 fully saturated rings. The Morgan fingerprint density at radius 1 is 1.00 bits per heavy atom. The Balaban J connectivity index is 1.53. The highest BCUT2D eigenvalue weighted by atomic mass is 19.3. The zero-order valence-corrected chi connectivity index (χ0v) is 15.1. The number of hydrogen-bond donors (Lipinski definition) is 0. The van der Waals surface area contributed by atoms with Gasteiger partial charge in [0.2, 0.25) is 0 Å². The second kappa shape index (κ2) is 6.82. The Labute approximate surface area is 160 Å². The molecule has 0 unspecified atom stereocenters. The van der Waals surface area contributed by atoms with Crippen LogP contribution in [0.3, 0.4) is 0 Å². The molecule has 0 aliphatic carbocycles. The van der Waals surface area contributed by atoms with E-state index in [0.29, 0.717) is 13.2 Å². The van der Waals surface area contributed by atoms with Crippen LogP contribution in [-0.4, -0.2) is 24.4 Å². The van der Waals surface area contributed by atoms with E-state index in [1.54, 1.807) is 24.3 Å². The maximum atomic E-state index is 12.4. The van der Waals surface area contributed by atoms with Gasteiger partial charge >= 0.3 is 6.61 Å². The van der Waals surface area contributed by atoms with Crippen LogP contribution in [0.4, 0.5) is 8.78 Å². The van der Waals surface area contributed by atoms with Crippen LogP contribution in [-0.2, 0) is 13.0 Å². The molecule has 7 heteroatoms. The van der Waals surface area contributed by atoms with Gasteiger partial charge in [0.05, 0.1) is 13.0 Å². The first-order valence-corrected chi connectivity index (χ1v) is 9.28. The maximum Gasteiger partial charge on any atom is 0.387 e. The predicted molar refractivity (Wildman–Crippen MR) is 97.3 cm³/mol. The van der Waals surface area contributed by atoms with E-state index in [2.05, 4.69) is 20.1 Å². The van der Waals surface area contributed by atoms with Gasteiger partial charge in [-0.15, -0.1) is 0 Å². The minimum Gasteiger partial charge on any atom is -0.486 e. The average Bonchev–Trinajstić information content (AvgIpc) is 3.31. The Hall–Kier alpha value is -3.09. The van der Waals surface area contributed by atoms with Crippen molar-refractivity contribution in [3.05, 3.63) is 54.5 Å². The second-order valence-corrected chi connectivity index (χ2v) is 6.79. The molecule has 0 spiro atoms. The molecule has 0 atom stereocenters. The molecule has 0 amide bonds. The molecule has 3 heterocycles. The third-order valence-corrected chi connectivity index (χ3v) is 5.09. The van der Waals surface area contributed by atoms with Crippen LogP contribution < -0.4 is 18.8 Å². The minimum atomic E-state index is -2.82. The number of rotatable bonds is 4. The van der Waals surface area contributed by atoms with E-state index in [4.69, 9.17) is 9.47 Å². The van der Waals surface area contributed by atoms with E-state index < -0.39 is 6.61 Å². The quantitative estimate of drug-likeness (QED) is 0.642. The fourth-order valence-corrected chi connectivity index (χ4v) is 3.88. The van der Waals surface area contributed by atoms with Crippen LogP contribution in [0.1, 0.15) is 12.2 Å². The Kier molecular flexibility index (Phi) is 4.15. The molecule has 2 aliphatic heterocycles. The molecule has 3 aromatic rings. The van der Waals surface area contributed by atoms with Crippen molar-refractivity contribution in [2.75, 3.05) is 13.2 Å². The summed E-state index contributed by atoms with van der Waals surface area (Å²) in [5.41, 5.74) is 3.07. The van der Waals surface area contributed by atoms with Crippen molar-refractivity contribution in [1.29, 1.82) is 0 Å². The van der Waals surface area contributed by atoms with Crippen molar-refractivity contribution in [1.82, 2.24) is 4.57 Å². The molecule has 0 radical (unpaired) electrons. The third-order valence-electron chi connectivity index (χ3n) is 5.09. The van der Waals surface area contributed by atoms with E-state index in [0.717, 1.165) is 47.8 Å². The fraction of sp³-hybridized carbons (Fsp3) is 0.286. The number of benzene rings is 2. The standard InChI is InChI=1S/C21H19F2N2O3/c22-21(23)28-16-6-4-15(5-7-16)25-13-17(24-9-1-2-20(24)25)14-3-8-18-19(12-14)27-11-10-26-18/h3-8,12-13,21H,1-2,9-11H2/q+1. The van der Waals surface area contributed by atoms with Crippen LogP contribution in [0.15, 0.2) is 48.7 Å². The summed E-state index contributed by atoms with van der Waals surface area (Å²) in [5.74, 6) is 2.87. The predicted octanol–water partition coefficient (Wildman–Crippen LogP) is 3.75. The van der Waals surface area contributed by atoms with Gasteiger partial charge in [-0.2, -0.15) is 13.3 Å². The summed E-state index contributed by atoms with van der Waals surface area (Å²) >= 11 is 0. The zero-order chi connectivity index (χ0) is 19.1. The fourth-order valence-electron chi connectivity index (χ4n) is 3.88. The molecular formula is C21H19F2N2O3+. The summed E-state index contributed by atoms with van der Waals surface area (Å²) in [4.78, 5) is 0. The maximum absolute atomic E-state index is 12.4. The van der Waals surface area contributed by atoms with Crippen LogP contribution in [0.5, 0.6) is 17.2 Å². The van der Waals surface area contributed by atoms with E-state index in [9.17, 15) is 8.78 Å². The molecule has 0 saturated carbocycles. The smallest absolute Gasteiger partial charge is 0.387 e. The van der Waals surface area contributed by atoms with Crippen LogP contribution in [0, 0.1) is 0 Å². The monoisotopic (exact) mass is 385 g/mol. The Bertz CT molecular complexity index is 1020. The van der Waals surface area contributed by atoms with Gasteiger partial charge in [-0.1, -0.05) is 0 Å². The third kappa shape index (κ3) is 2.96. The highest BCUT2D eigenvalue weighted by Crippen LogP contribution is 2.35. The highest BCUT2D eigenvalue weighted by molar-refractivity contribution is 5.62. The number of nitrogens with zero attached hydrogens (tertiary/aromatic N) is 2. The molecule has 5 nitrogen and oxygen atoms in total. The van der Waals surface area contributed by atoms with Crippen LogP contribution >= 0.6 is 0 Å². The molecule has 5 rings (SSSR count). The lowest BCUT2D eigenvalue weighted by molar-refractivity contribution is -0.679. The van der Waals surface area contributed by atoms with Gasteiger partial charge in [0.1, 0.15) is 30.8 Å². The van der Waals surface area contributed by atoms with Crippen molar-refractivity contribution >= 4 is 0 Å². The van der Waals surface area contributed by atoms with E-state index in [-0.39, 0.29) is 5.75 Å². The summed E-state index contributed by atoms with van der Waals surface area (Å²) in [7, 11) is 0. The van der Waals surface area contributed by atoms with Crippen LogP contribution in [0.25, 0.3) is 16.9 Å². The molecule has 28 heavy (non-hydrogen) atoms. The van der Waals surface area contributed by atoms with Gasteiger partial charge in [0, 0.05) is 5.56 Å². The molecule has 2 aliphatic rings. The first-order valence-electron chi connectivity index (χ1n) is 9.28.